The number of nitrogens with two attached hydrogens (primary N) is 1. The molecule has 0 atom stereocenters. The molecule has 36 heavy (non-hydrogen) atoms. The molecule has 0 amide bonds. The van der Waals surface area contributed by atoms with E-state index in [4.69, 9.17) is 34.3 Å². The van der Waals surface area contributed by atoms with E-state index in [1.807, 2.05) is 59.5 Å². The number of nitrogens with one attached hydrogen (secondary N) is 3. The molecule has 2 heterocycles. The Morgan fingerprint density at radius 3 is 2.03 bits per heavy atom. The fraction of sp³-hybridized carbons (Fsp3) is 0.214. The smallest absolute Gasteiger partial charge is 0.250 e. The maximum atomic E-state index is 12.4. The van der Waals surface area contributed by atoms with Crippen molar-refractivity contribution in [1.82, 2.24) is 9.88 Å². The number of hydrogen-bond acceptors (Lipinski definition) is 3. The number of fused-ring (bicyclic) bond motifs is 1. The van der Waals surface area contributed by atoms with Crippen molar-refractivity contribution in [1.29, 1.82) is 5.41 Å². The van der Waals surface area contributed by atoms with Gasteiger partial charge in [-0.25, -0.2) is 0 Å². The van der Waals surface area contributed by atoms with E-state index in [0.717, 1.165) is 46.1 Å². The van der Waals surface area contributed by atoms with Crippen LogP contribution in [0.25, 0.3) is 10.9 Å². The molecule has 4 aromatic rings. The highest BCUT2D eigenvalue weighted by atomic mass is 35.5. The van der Waals surface area contributed by atoms with Crippen LogP contribution in [0.1, 0.15) is 35.4 Å². The van der Waals surface area contributed by atoms with Gasteiger partial charge in [-0.1, -0.05) is 53.5 Å². The van der Waals surface area contributed by atoms with E-state index in [1.165, 1.54) is 0 Å². The van der Waals surface area contributed by atoms with Gasteiger partial charge in [-0.2, -0.15) is 0 Å². The highest BCUT2D eigenvalue weighted by Gasteiger charge is 2.22. The summed E-state index contributed by atoms with van der Waals surface area (Å²) in [6, 6.07) is 23.8. The summed E-state index contributed by atoms with van der Waals surface area (Å²) < 4.78 is 0. The summed E-state index contributed by atoms with van der Waals surface area (Å²) in [4.78, 5) is 17.3. The summed E-state index contributed by atoms with van der Waals surface area (Å²) in [6.45, 7) is 1.43. The SMILES string of the molecule is N=C(N)N1CCC(Nc2cc(=O)[nH]c3ccc(C(c4ccc(Cl)cc4)c4ccc(Cl)cc4)cc23)CC1. The Morgan fingerprint density at radius 2 is 1.47 bits per heavy atom. The molecule has 0 spiro atoms. The van der Waals surface area contributed by atoms with Gasteiger partial charge in [0.15, 0.2) is 5.96 Å². The Bertz CT molecular complexity index is 1400. The lowest BCUT2D eigenvalue weighted by Crippen LogP contribution is -2.45. The van der Waals surface area contributed by atoms with Crippen LogP contribution in [0.3, 0.4) is 0 Å². The van der Waals surface area contributed by atoms with E-state index in [9.17, 15) is 4.79 Å². The molecule has 0 unspecified atom stereocenters. The van der Waals surface area contributed by atoms with Crippen LogP contribution >= 0.6 is 23.2 Å². The zero-order chi connectivity index (χ0) is 25.2. The summed E-state index contributed by atoms with van der Waals surface area (Å²) in [5, 5.41) is 13.6. The Hall–Kier alpha value is -3.48. The maximum absolute atomic E-state index is 12.4. The van der Waals surface area contributed by atoms with Gasteiger partial charge in [-0.3, -0.25) is 10.2 Å². The molecule has 0 aliphatic carbocycles. The van der Waals surface area contributed by atoms with Gasteiger partial charge in [0.2, 0.25) is 5.56 Å². The first-order chi connectivity index (χ1) is 17.4. The Morgan fingerprint density at radius 1 is 0.917 bits per heavy atom. The number of pyridine rings is 1. The van der Waals surface area contributed by atoms with E-state index in [-0.39, 0.29) is 23.5 Å². The van der Waals surface area contributed by atoms with Crippen LogP contribution in [0.4, 0.5) is 5.69 Å². The highest BCUT2D eigenvalue weighted by Crippen LogP contribution is 2.36. The Kier molecular flexibility index (Phi) is 6.90. The van der Waals surface area contributed by atoms with Gasteiger partial charge in [0.05, 0.1) is 5.52 Å². The summed E-state index contributed by atoms with van der Waals surface area (Å²) in [5.41, 5.74) is 10.4. The second-order valence-corrected chi connectivity index (χ2v) is 10.1. The van der Waals surface area contributed by atoms with Crippen LogP contribution in [0, 0.1) is 5.41 Å². The average molecular weight is 520 g/mol. The normalized spacial score (nSPS) is 14.4. The summed E-state index contributed by atoms with van der Waals surface area (Å²) in [5.74, 6) is 0.0673. The monoisotopic (exact) mass is 519 g/mol. The molecule has 1 aliphatic heterocycles. The second-order valence-electron chi connectivity index (χ2n) is 9.18. The summed E-state index contributed by atoms with van der Waals surface area (Å²) >= 11 is 12.4. The predicted octanol–water partition coefficient (Wildman–Crippen LogP) is 5.78. The molecule has 1 saturated heterocycles. The summed E-state index contributed by atoms with van der Waals surface area (Å²) in [6.07, 6.45) is 1.68. The zero-order valence-electron chi connectivity index (χ0n) is 19.6. The number of halogens is 2. The minimum Gasteiger partial charge on any atom is -0.381 e. The number of likely N-dealkylation sites (tertiary alicyclic amines) is 1. The van der Waals surface area contributed by atoms with Crippen molar-refractivity contribution in [2.45, 2.75) is 24.8 Å². The molecule has 3 aromatic carbocycles. The third-order valence-corrected chi connectivity index (χ3v) is 7.31. The lowest BCUT2D eigenvalue weighted by atomic mass is 9.84. The number of hydrogen-bond donors (Lipinski definition) is 4. The molecule has 0 bridgehead atoms. The minimum absolute atomic E-state index is 0.0393. The van der Waals surface area contributed by atoms with E-state index < -0.39 is 0 Å². The number of guanidine groups is 1. The predicted molar refractivity (Wildman–Crippen MR) is 149 cm³/mol. The van der Waals surface area contributed by atoms with Crippen LogP contribution in [0.5, 0.6) is 0 Å². The molecule has 5 rings (SSSR count). The average Bonchev–Trinajstić information content (AvgIpc) is 2.87. The third kappa shape index (κ3) is 5.20. The van der Waals surface area contributed by atoms with Gasteiger partial charge in [0, 0.05) is 52.2 Å². The van der Waals surface area contributed by atoms with Crippen molar-refractivity contribution >= 4 is 45.8 Å². The van der Waals surface area contributed by atoms with Crippen molar-refractivity contribution in [3.8, 4) is 0 Å². The van der Waals surface area contributed by atoms with Crippen LogP contribution in [0.15, 0.2) is 77.6 Å². The van der Waals surface area contributed by atoms with Crippen LogP contribution < -0.4 is 16.6 Å². The van der Waals surface area contributed by atoms with E-state index in [1.54, 1.807) is 6.07 Å². The minimum atomic E-state index is -0.147. The fourth-order valence-electron chi connectivity index (χ4n) is 4.94. The van der Waals surface area contributed by atoms with Crippen LogP contribution in [0.2, 0.25) is 10.0 Å². The first-order valence-electron chi connectivity index (χ1n) is 11.9. The first kappa shape index (κ1) is 24.2. The number of aromatic nitrogens is 1. The van der Waals surface area contributed by atoms with Crippen molar-refractivity contribution < 1.29 is 0 Å². The fourth-order valence-corrected chi connectivity index (χ4v) is 5.19. The van der Waals surface area contributed by atoms with Crippen molar-refractivity contribution in [2.75, 3.05) is 18.4 Å². The van der Waals surface area contributed by atoms with E-state index in [2.05, 4.69) is 22.4 Å². The molecule has 6 nitrogen and oxygen atoms in total. The summed E-state index contributed by atoms with van der Waals surface area (Å²) in [7, 11) is 0. The van der Waals surface area contributed by atoms with Gasteiger partial charge in [-0.15, -0.1) is 0 Å². The number of H-pyrrole nitrogens is 1. The van der Waals surface area contributed by atoms with Crippen LogP contribution in [-0.4, -0.2) is 35.0 Å². The van der Waals surface area contributed by atoms with Crippen molar-refractivity contribution in [2.24, 2.45) is 5.73 Å². The van der Waals surface area contributed by atoms with Gasteiger partial charge in [0.1, 0.15) is 0 Å². The highest BCUT2D eigenvalue weighted by molar-refractivity contribution is 6.30. The first-order valence-corrected chi connectivity index (χ1v) is 12.7. The standard InChI is InChI=1S/C28H27Cl2N5O/c29-20-6-1-17(2-7-20)27(18-3-8-21(30)9-4-18)19-5-10-24-23(15-19)25(16-26(36)34-24)33-22-11-13-35(14-12-22)28(31)32/h1-10,15-16,22,27H,11-14H2,(H3,31,32)(H2,33,34,36). The molecule has 0 radical (unpaired) electrons. The Balaban J connectivity index is 1.55. The van der Waals surface area contributed by atoms with Gasteiger partial charge >= 0.3 is 0 Å². The van der Waals surface area contributed by atoms with Gasteiger partial charge in [-0.05, 0) is 65.9 Å². The lowest BCUT2D eigenvalue weighted by molar-refractivity contribution is 0.319. The number of nitrogens with zero attached hydrogens (tertiary/aromatic N) is 1. The molecule has 1 fully saturated rings. The lowest BCUT2D eigenvalue weighted by Gasteiger charge is -2.33. The number of piperidine rings is 1. The third-order valence-electron chi connectivity index (χ3n) is 6.80. The van der Waals surface area contributed by atoms with Gasteiger partial charge in [0.25, 0.3) is 0 Å². The van der Waals surface area contributed by atoms with Crippen molar-refractivity contribution in [3.63, 3.8) is 0 Å². The largest absolute Gasteiger partial charge is 0.381 e. The van der Waals surface area contributed by atoms with Crippen LogP contribution in [-0.2, 0) is 0 Å². The number of rotatable bonds is 5. The molecule has 0 saturated carbocycles. The van der Waals surface area contributed by atoms with E-state index >= 15 is 0 Å². The quantitative estimate of drug-likeness (QED) is 0.152. The van der Waals surface area contributed by atoms with E-state index in [0.29, 0.717) is 23.1 Å². The maximum Gasteiger partial charge on any atom is 0.250 e. The van der Waals surface area contributed by atoms with Gasteiger partial charge < -0.3 is 20.9 Å². The number of aromatic amines is 1. The molecule has 5 N–H and O–H groups in total. The molecular weight excluding hydrogens is 493 g/mol. The number of anilines is 1. The zero-order valence-corrected chi connectivity index (χ0v) is 21.1. The molecular formula is C28H27Cl2N5O. The van der Waals surface area contributed by atoms with Crippen molar-refractivity contribution in [3.05, 3.63) is 110 Å². The Labute approximate surface area is 219 Å². The molecule has 1 aliphatic rings. The molecule has 8 heteroatoms. The molecule has 184 valence electrons. The molecule has 1 aromatic heterocycles. The topological polar surface area (TPSA) is 98.0 Å². The number of benzene rings is 3. The second kappa shape index (κ2) is 10.2.